The molecule has 0 aliphatic heterocycles. The van der Waals surface area contributed by atoms with E-state index in [2.05, 4.69) is 10.3 Å². The molecule has 0 unspecified atom stereocenters. The highest BCUT2D eigenvalue weighted by molar-refractivity contribution is 7.09. The number of carboxylic acid groups (broad SMARTS) is 1. The summed E-state index contributed by atoms with van der Waals surface area (Å²) in [6.45, 7) is 1.81. The van der Waals surface area contributed by atoms with Crippen molar-refractivity contribution in [3.63, 3.8) is 0 Å². The van der Waals surface area contributed by atoms with Crippen molar-refractivity contribution < 1.29 is 14.6 Å². The van der Waals surface area contributed by atoms with Crippen LogP contribution in [0.25, 0.3) is 0 Å². The summed E-state index contributed by atoms with van der Waals surface area (Å²) in [4.78, 5) is 16.1. The molecule has 19 heavy (non-hydrogen) atoms. The van der Waals surface area contributed by atoms with Crippen molar-refractivity contribution >= 4 is 17.3 Å². The molecule has 0 saturated heterocycles. The maximum Gasteiger partial charge on any atom is 0.339 e. The van der Waals surface area contributed by atoms with E-state index in [4.69, 9.17) is 9.84 Å². The fraction of sp³-hybridized carbons (Fsp3) is 0.231. The van der Waals surface area contributed by atoms with Crippen LogP contribution < -0.4 is 10.1 Å². The predicted octanol–water partition coefficient (Wildman–Crippen LogP) is 2.01. The number of carbonyl (C=O) groups is 1. The number of ether oxygens (including phenoxy) is 1. The maximum atomic E-state index is 11.0. The minimum absolute atomic E-state index is 0.185. The van der Waals surface area contributed by atoms with Gasteiger partial charge in [-0.2, -0.15) is 0 Å². The number of para-hydroxylation sites is 1. The number of aromatic carboxylic acids is 1. The van der Waals surface area contributed by atoms with E-state index in [1.165, 1.54) is 6.07 Å². The minimum atomic E-state index is -0.979. The molecular weight excluding hydrogens is 264 g/mol. The molecule has 2 rings (SSSR count). The third-order valence-electron chi connectivity index (χ3n) is 2.44. The Labute approximate surface area is 114 Å². The fourth-order valence-electron chi connectivity index (χ4n) is 1.54. The van der Waals surface area contributed by atoms with Crippen LogP contribution >= 0.6 is 11.3 Å². The molecule has 1 heterocycles. The van der Waals surface area contributed by atoms with Crippen molar-refractivity contribution in [3.8, 4) is 5.75 Å². The molecule has 0 fully saturated rings. The van der Waals surface area contributed by atoms with Crippen molar-refractivity contribution in [2.75, 3.05) is 13.2 Å². The smallest absolute Gasteiger partial charge is 0.339 e. The van der Waals surface area contributed by atoms with Gasteiger partial charge in [0.25, 0.3) is 0 Å². The first-order valence-corrected chi connectivity index (χ1v) is 6.68. The largest absolute Gasteiger partial charge is 0.491 e. The van der Waals surface area contributed by atoms with E-state index < -0.39 is 5.97 Å². The van der Waals surface area contributed by atoms with Crippen LogP contribution in [0.1, 0.15) is 15.2 Å². The molecular formula is C13H14N2O3S. The van der Waals surface area contributed by atoms with Gasteiger partial charge in [0.15, 0.2) is 0 Å². The van der Waals surface area contributed by atoms with Gasteiger partial charge in [-0.15, -0.1) is 11.3 Å². The van der Waals surface area contributed by atoms with Crippen LogP contribution in [-0.2, 0) is 6.54 Å². The van der Waals surface area contributed by atoms with E-state index in [1.807, 2.05) is 6.20 Å². The molecule has 0 aliphatic carbocycles. The number of rotatable bonds is 7. The summed E-state index contributed by atoms with van der Waals surface area (Å²) in [6.07, 6.45) is 1.82. The fourth-order valence-corrected chi connectivity index (χ4v) is 2.11. The third kappa shape index (κ3) is 4.04. The number of hydrogen-bond acceptors (Lipinski definition) is 5. The van der Waals surface area contributed by atoms with Crippen LogP contribution in [0.15, 0.2) is 36.0 Å². The zero-order valence-corrected chi connectivity index (χ0v) is 11.0. The van der Waals surface area contributed by atoms with Crippen molar-refractivity contribution in [2.45, 2.75) is 6.54 Å². The molecule has 2 aromatic rings. The molecule has 0 spiro atoms. The standard InChI is InChI=1S/C13H14N2O3S/c16-13(17)11-3-1-2-4-12(11)18-6-5-14-7-10-8-15-9-19-10/h1-4,8-9,14H,5-7H2,(H,16,17). The van der Waals surface area contributed by atoms with Crippen LogP contribution in [0.3, 0.4) is 0 Å². The lowest BCUT2D eigenvalue weighted by Crippen LogP contribution is -2.20. The number of benzene rings is 1. The van der Waals surface area contributed by atoms with E-state index in [0.29, 0.717) is 18.9 Å². The van der Waals surface area contributed by atoms with Gasteiger partial charge >= 0.3 is 5.97 Å². The second kappa shape index (κ2) is 6.86. The van der Waals surface area contributed by atoms with Crippen LogP contribution in [0.2, 0.25) is 0 Å². The Morgan fingerprint density at radius 3 is 3.00 bits per heavy atom. The Morgan fingerprint density at radius 2 is 2.26 bits per heavy atom. The van der Waals surface area contributed by atoms with Gasteiger partial charge in [-0.05, 0) is 12.1 Å². The van der Waals surface area contributed by atoms with Crippen molar-refractivity contribution in [1.82, 2.24) is 10.3 Å². The van der Waals surface area contributed by atoms with E-state index >= 15 is 0 Å². The highest BCUT2D eigenvalue weighted by Gasteiger charge is 2.09. The number of aromatic nitrogens is 1. The summed E-state index contributed by atoms with van der Waals surface area (Å²) >= 11 is 1.59. The van der Waals surface area contributed by atoms with Crippen LogP contribution in [-0.4, -0.2) is 29.2 Å². The zero-order chi connectivity index (χ0) is 13.5. The van der Waals surface area contributed by atoms with Crippen molar-refractivity contribution in [1.29, 1.82) is 0 Å². The quantitative estimate of drug-likeness (QED) is 0.758. The number of carboxylic acids is 1. The molecule has 0 atom stereocenters. The third-order valence-corrected chi connectivity index (χ3v) is 3.22. The monoisotopic (exact) mass is 278 g/mol. The van der Waals surface area contributed by atoms with E-state index in [-0.39, 0.29) is 5.56 Å². The number of hydrogen-bond donors (Lipinski definition) is 2. The maximum absolute atomic E-state index is 11.0. The molecule has 0 radical (unpaired) electrons. The molecule has 0 aliphatic rings. The topological polar surface area (TPSA) is 71.5 Å². The molecule has 1 aromatic heterocycles. The Balaban J connectivity index is 1.75. The Kier molecular flexibility index (Phi) is 4.88. The molecule has 100 valence electrons. The second-order valence-electron chi connectivity index (χ2n) is 3.79. The van der Waals surface area contributed by atoms with Gasteiger partial charge in [0.05, 0.1) is 5.51 Å². The zero-order valence-electron chi connectivity index (χ0n) is 10.2. The summed E-state index contributed by atoms with van der Waals surface area (Å²) in [5, 5.41) is 12.2. The van der Waals surface area contributed by atoms with Crippen LogP contribution in [0.5, 0.6) is 5.75 Å². The minimum Gasteiger partial charge on any atom is -0.491 e. The summed E-state index contributed by atoms with van der Waals surface area (Å²) in [5.74, 6) is -0.581. The summed E-state index contributed by atoms with van der Waals surface area (Å²) < 4.78 is 5.46. The molecule has 2 N–H and O–H groups in total. The lowest BCUT2D eigenvalue weighted by Gasteiger charge is -2.09. The van der Waals surface area contributed by atoms with Gasteiger partial charge in [0.2, 0.25) is 0 Å². The summed E-state index contributed by atoms with van der Waals surface area (Å²) in [6, 6.07) is 6.62. The average Bonchev–Trinajstić information content (AvgIpc) is 2.92. The first-order chi connectivity index (χ1) is 9.27. The predicted molar refractivity (Wildman–Crippen MR) is 72.7 cm³/mol. The highest BCUT2D eigenvalue weighted by Crippen LogP contribution is 2.17. The lowest BCUT2D eigenvalue weighted by atomic mass is 10.2. The van der Waals surface area contributed by atoms with Crippen molar-refractivity contribution in [2.24, 2.45) is 0 Å². The average molecular weight is 278 g/mol. The van der Waals surface area contributed by atoms with E-state index in [9.17, 15) is 4.79 Å². The first kappa shape index (κ1) is 13.5. The number of nitrogens with zero attached hydrogens (tertiary/aromatic N) is 1. The lowest BCUT2D eigenvalue weighted by molar-refractivity contribution is 0.0692. The van der Waals surface area contributed by atoms with Gasteiger partial charge in [0.1, 0.15) is 17.9 Å². The second-order valence-corrected chi connectivity index (χ2v) is 4.77. The molecule has 0 saturated carbocycles. The summed E-state index contributed by atoms with van der Waals surface area (Å²) in [7, 11) is 0. The van der Waals surface area contributed by atoms with E-state index in [1.54, 1.807) is 35.0 Å². The van der Waals surface area contributed by atoms with Gasteiger partial charge in [-0.25, -0.2) is 4.79 Å². The Hall–Kier alpha value is -1.92. The van der Waals surface area contributed by atoms with Crippen LogP contribution in [0.4, 0.5) is 0 Å². The molecule has 1 aromatic carbocycles. The van der Waals surface area contributed by atoms with Gasteiger partial charge in [-0.1, -0.05) is 12.1 Å². The number of nitrogens with one attached hydrogen (secondary N) is 1. The first-order valence-electron chi connectivity index (χ1n) is 5.80. The molecule has 5 nitrogen and oxygen atoms in total. The normalized spacial score (nSPS) is 10.3. The van der Waals surface area contributed by atoms with Crippen LogP contribution in [0, 0.1) is 0 Å². The number of thiazole rings is 1. The van der Waals surface area contributed by atoms with Gasteiger partial charge in [0, 0.05) is 24.2 Å². The Bertz CT molecular complexity index is 528. The van der Waals surface area contributed by atoms with Crippen molar-refractivity contribution in [3.05, 3.63) is 46.4 Å². The summed E-state index contributed by atoms with van der Waals surface area (Å²) in [5.41, 5.74) is 1.97. The Morgan fingerprint density at radius 1 is 1.42 bits per heavy atom. The molecule has 0 amide bonds. The van der Waals surface area contributed by atoms with Gasteiger partial charge < -0.3 is 15.2 Å². The molecule has 6 heteroatoms. The molecule has 0 bridgehead atoms. The highest BCUT2D eigenvalue weighted by atomic mass is 32.1. The van der Waals surface area contributed by atoms with Gasteiger partial charge in [-0.3, -0.25) is 4.98 Å². The van der Waals surface area contributed by atoms with E-state index in [0.717, 1.165) is 11.4 Å². The SMILES string of the molecule is O=C(O)c1ccccc1OCCNCc1cncs1.